The van der Waals surface area contributed by atoms with Gasteiger partial charge < -0.3 is 59.7 Å². The van der Waals surface area contributed by atoms with Crippen LogP contribution in [-0.2, 0) is 75.6 Å². The van der Waals surface area contributed by atoms with Gasteiger partial charge in [0.15, 0.2) is 0 Å². The Bertz CT molecular complexity index is 2240. The summed E-state index contributed by atoms with van der Waals surface area (Å²) in [5.41, 5.74) is 10.5. The summed E-state index contributed by atoms with van der Waals surface area (Å²) in [6.07, 6.45) is 8.97. The van der Waals surface area contributed by atoms with Crippen LogP contribution in [0, 0.1) is 0 Å². The number of hydrogen-bond acceptors (Lipinski definition) is 16. The second-order valence-corrected chi connectivity index (χ2v) is 17.4. The van der Waals surface area contributed by atoms with Crippen molar-refractivity contribution in [3.63, 3.8) is 0 Å². The molecular weight excluding hydrogens is 921 g/mol. The number of aliphatic imine (C=N–C) groups is 1. The molecule has 1 aliphatic carbocycles. The number of nitrogens with one attached hydrogen (secondary N) is 2. The van der Waals surface area contributed by atoms with Crippen molar-refractivity contribution in [3.8, 4) is 0 Å². The van der Waals surface area contributed by atoms with Crippen LogP contribution in [0.2, 0.25) is 0 Å². The van der Waals surface area contributed by atoms with Crippen LogP contribution in [0.4, 0.5) is 11.4 Å². The molecule has 21 heteroatoms. The van der Waals surface area contributed by atoms with Gasteiger partial charge in [0.1, 0.15) is 5.84 Å². The molecular formula is C50H68N8O13. The molecule has 386 valence electrons. The topological polar surface area (TPSA) is 263 Å². The van der Waals surface area contributed by atoms with Crippen molar-refractivity contribution < 1.29 is 62.3 Å². The Kier molecular flexibility index (Phi) is 21.6. The molecule has 0 radical (unpaired) electrons. The Morgan fingerprint density at radius 1 is 0.831 bits per heavy atom. The van der Waals surface area contributed by atoms with Crippen LogP contribution in [-0.4, -0.2) is 185 Å². The summed E-state index contributed by atoms with van der Waals surface area (Å²) < 4.78 is 33.1. The molecule has 0 unspecified atom stereocenters. The fourth-order valence-electron chi connectivity index (χ4n) is 8.20. The van der Waals surface area contributed by atoms with Crippen molar-refractivity contribution >= 4 is 58.7 Å². The predicted octanol–water partition coefficient (Wildman–Crippen LogP) is 1.56. The zero-order valence-corrected chi connectivity index (χ0v) is 40.7. The third-order valence-electron chi connectivity index (χ3n) is 12.2. The number of carbonyl (C=O) groups is 6. The number of aliphatic hydroxyl groups excluding tert-OH is 1. The van der Waals surface area contributed by atoms with Crippen molar-refractivity contribution in [2.45, 2.75) is 63.8 Å². The summed E-state index contributed by atoms with van der Waals surface area (Å²) >= 11 is 0. The van der Waals surface area contributed by atoms with Crippen LogP contribution < -0.4 is 16.4 Å². The summed E-state index contributed by atoms with van der Waals surface area (Å²) in [5, 5.41) is 15.3. The first-order valence-electron chi connectivity index (χ1n) is 24.4. The fourth-order valence-corrected chi connectivity index (χ4v) is 8.20. The molecule has 1 fully saturated rings. The second-order valence-electron chi connectivity index (χ2n) is 17.4. The number of carbonyl (C=O) groups excluding carboxylic acids is 6. The van der Waals surface area contributed by atoms with E-state index in [4.69, 9.17) is 34.2 Å². The minimum absolute atomic E-state index is 0.0271. The number of aliphatic hydroxyl groups is 1. The number of anilines is 1. The lowest BCUT2D eigenvalue weighted by molar-refractivity contribution is -0.137. The highest BCUT2D eigenvalue weighted by Crippen LogP contribution is 2.50. The van der Waals surface area contributed by atoms with E-state index in [1.54, 1.807) is 22.1 Å². The molecule has 0 bridgehead atoms. The van der Waals surface area contributed by atoms with E-state index < -0.39 is 17.2 Å². The third-order valence-corrected chi connectivity index (χ3v) is 12.2. The van der Waals surface area contributed by atoms with Crippen LogP contribution in [0.5, 0.6) is 0 Å². The number of pyridine rings is 1. The number of amides is 6. The lowest BCUT2D eigenvalue weighted by Crippen LogP contribution is -2.37. The highest BCUT2D eigenvalue weighted by molar-refractivity contribution is 6.13. The van der Waals surface area contributed by atoms with Gasteiger partial charge in [0, 0.05) is 87.5 Å². The van der Waals surface area contributed by atoms with Crippen LogP contribution in [0.15, 0.2) is 53.2 Å². The van der Waals surface area contributed by atoms with Crippen molar-refractivity contribution in [2.75, 3.05) is 124 Å². The Labute approximate surface area is 414 Å². The molecule has 0 saturated heterocycles. The standard InChI is InChI=1S/C50H68N8O13/c1-2-13-56(16-17-59)48(64)37-30-36-3-4-39(33-42(36)55-43(51)32-37)50(10-11-50)49(65)54-40-31-38-35-57(14-7-41(38)53-34-40)45(61)9-18-66-20-22-68-24-26-70-28-29-71-27-25-69-23-21-67-19-12-52-44(60)8-15-58-46(62)5-6-47(58)63/h3-6,30-31,33-34,59H,2,7-29,32,35H2,1H3,(H2,51,55)(H,52,60)(H,54,65). The number of amidine groups is 1. The largest absolute Gasteiger partial charge is 0.395 e. The number of benzene rings is 1. The quantitative estimate of drug-likeness (QED) is 0.0599. The lowest BCUT2D eigenvalue weighted by atomic mass is 9.92. The van der Waals surface area contributed by atoms with Crippen LogP contribution in [0.25, 0.3) is 6.08 Å². The summed E-state index contributed by atoms with van der Waals surface area (Å²) in [5.74, 6) is -1.15. The number of imide groups is 1. The number of nitrogens with two attached hydrogens (primary N) is 1. The van der Waals surface area contributed by atoms with E-state index in [9.17, 15) is 33.9 Å². The van der Waals surface area contributed by atoms with E-state index in [2.05, 4.69) is 20.6 Å². The van der Waals surface area contributed by atoms with E-state index in [1.807, 2.05) is 31.2 Å². The number of rotatable bonds is 32. The molecule has 0 spiro atoms. The van der Waals surface area contributed by atoms with Crippen LogP contribution in [0.1, 0.15) is 67.8 Å². The molecule has 21 nitrogen and oxygen atoms in total. The number of ether oxygens (including phenoxy) is 6. The van der Waals surface area contributed by atoms with E-state index in [-0.39, 0.29) is 69.2 Å². The molecule has 71 heavy (non-hydrogen) atoms. The Hall–Kier alpha value is -5.94. The van der Waals surface area contributed by atoms with E-state index in [1.165, 1.54) is 12.2 Å². The minimum Gasteiger partial charge on any atom is -0.395 e. The maximum absolute atomic E-state index is 13.9. The van der Waals surface area contributed by atoms with Crippen molar-refractivity contribution in [1.82, 2.24) is 25.0 Å². The van der Waals surface area contributed by atoms with Gasteiger partial charge in [-0.2, -0.15) is 0 Å². The first-order valence-corrected chi connectivity index (χ1v) is 24.4. The number of fused-ring (bicyclic) bond motifs is 2. The molecule has 1 aromatic carbocycles. The molecule has 0 atom stereocenters. The van der Waals surface area contributed by atoms with Gasteiger partial charge in [-0.1, -0.05) is 19.1 Å². The van der Waals surface area contributed by atoms with E-state index in [0.29, 0.717) is 141 Å². The molecule has 4 heterocycles. The maximum atomic E-state index is 13.9. The Morgan fingerprint density at radius 2 is 1.46 bits per heavy atom. The number of nitrogens with zero attached hydrogens (tertiary/aromatic N) is 5. The molecule has 1 saturated carbocycles. The monoisotopic (exact) mass is 988 g/mol. The van der Waals surface area contributed by atoms with Crippen molar-refractivity contribution in [3.05, 3.63) is 70.6 Å². The molecule has 2 aromatic rings. The van der Waals surface area contributed by atoms with Gasteiger partial charge in [-0.3, -0.25) is 38.7 Å². The average molecular weight is 989 g/mol. The van der Waals surface area contributed by atoms with Gasteiger partial charge in [-0.15, -0.1) is 0 Å². The highest BCUT2D eigenvalue weighted by atomic mass is 16.6. The highest BCUT2D eigenvalue weighted by Gasteiger charge is 2.51. The van der Waals surface area contributed by atoms with E-state index >= 15 is 0 Å². The normalized spacial score (nSPS) is 15.7. The van der Waals surface area contributed by atoms with E-state index in [0.717, 1.165) is 33.7 Å². The zero-order chi connectivity index (χ0) is 50.4. The second kappa shape index (κ2) is 28.2. The van der Waals surface area contributed by atoms with Gasteiger partial charge in [-0.25, -0.2) is 4.99 Å². The van der Waals surface area contributed by atoms with Gasteiger partial charge in [0.05, 0.1) is 115 Å². The van der Waals surface area contributed by atoms with Crippen LogP contribution >= 0.6 is 0 Å². The van der Waals surface area contributed by atoms with Gasteiger partial charge in [-0.05, 0) is 48.6 Å². The molecule has 6 amide bonds. The van der Waals surface area contributed by atoms with Crippen LogP contribution in [0.3, 0.4) is 0 Å². The van der Waals surface area contributed by atoms with Gasteiger partial charge >= 0.3 is 0 Å². The summed E-state index contributed by atoms with van der Waals surface area (Å²) in [6.45, 7) is 8.33. The first-order chi connectivity index (χ1) is 34.5. The van der Waals surface area contributed by atoms with Crippen molar-refractivity contribution in [2.24, 2.45) is 10.7 Å². The summed E-state index contributed by atoms with van der Waals surface area (Å²) in [4.78, 5) is 88.9. The molecule has 3 aliphatic heterocycles. The average Bonchev–Trinajstić information content (AvgIpc) is 4.14. The Balaban J connectivity index is 0.776. The number of aromatic nitrogens is 1. The molecule has 4 aliphatic rings. The first kappa shape index (κ1) is 54.4. The predicted molar refractivity (Wildman–Crippen MR) is 260 cm³/mol. The molecule has 1 aromatic heterocycles. The Morgan fingerprint density at radius 3 is 2.08 bits per heavy atom. The molecule has 6 rings (SSSR count). The smallest absolute Gasteiger partial charge is 0.253 e. The maximum Gasteiger partial charge on any atom is 0.253 e. The summed E-state index contributed by atoms with van der Waals surface area (Å²) in [7, 11) is 0. The lowest BCUT2D eigenvalue weighted by Gasteiger charge is -2.29. The van der Waals surface area contributed by atoms with Gasteiger partial charge in [0.2, 0.25) is 23.6 Å². The number of hydrogen-bond donors (Lipinski definition) is 4. The minimum atomic E-state index is -0.742. The fraction of sp³-hybridized carbons (Fsp3) is 0.560. The summed E-state index contributed by atoms with van der Waals surface area (Å²) in [6, 6.07) is 7.56. The third kappa shape index (κ3) is 16.6. The SMILES string of the molecule is CCCN(CCO)C(=O)C1=Cc2ccc(C3(C(=O)Nc4cnc5c(c4)CN(C(=O)CCOCCOCCOCCOCCOCCOCCNC(=O)CCN4C(=O)C=CC4=O)CC5)CC3)cc2N=C(N)C1. The zero-order valence-electron chi connectivity index (χ0n) is 40.7. The van der Waals surface area contributed by atoms with Gasteiger partial charge in [0.25, 0.3) is 11.8 Å². The van der Waals surface area contributed by atoms with Crippen molar-refractivity contribution in [1.29, 1.82) is 0 Å². The molecule has 5 N–H and O–H groups in total.